The highest BCUT2D eigenvalue weighted by Crippen LogP contribution is 2.29. The molecular formula is C17H19N7OS. The molecule has 134 valence electrons. The number of hydrogen-bond acceptors (Lipinski definition) is 7. The van der Waals surface area contributed by atoms with Crippen LogP contribution in [0.25, 0.3) is 10.2 Å². The minimum absolute atomic E-state index is 0.0309. The van der Waals surface area contributed by atoms with E-state index in [-0.39, 0.29) is 11.9 Å². The summed E-state index contributed by atoms with van der Waals surface area (Å²) in [6.07, 6.45) is 5.83. The number of thiophene rings is 1. The van der Waals surface area contributed by atoms with Crippen molar-refractivity contribution in [2.24, 2.45) is 7.05 Å². The quantitative estimate of drug-likeness (QED) is 0.672. The Kier molecular flexibility index (Phi) is 4.29. The Morgan fingerprint density at radius 2 is 2.35 bits per heavy atom. The number of rotatable bonds is 5. The first-order valence-corrected chi connectivity index (χ1v) is 9.19. The van der Waals surface area contributed by atoms with Crippen molar-refractivity contribution in [1.29, 1.82) is 0 Å². The van der Waals surface area contributed by atoms with E-state index in [0.29, 0.717) is 12.5 Å². The van der Waals surface area contributed by atoms with Gasteiger partial charge in [-0.25, -0.2) is 4.98 Å². The number of anilines is 3. The van der Waals surface area contributed by atoms with Gasteiger partial charge < -0.3 is 15.5 Å². The Balaban J connectivity index is 1.57. The Labute approximate surface area is 154 Å². The molecule has 1 fully saturated rings. The third kappa shape index (κ3) is 3.25. The van der Waals surface area contributed by atoms with Crippen molar-refractivity contribution < 1.29 is 4.79 Å². The van der Waals surface area contributed by atoms with Gasteiger partial charge in [0.1, 0.15) is 10.6 Å². The van der Waals surface area contributed by atoms with Crippen LogP contribution in [0.4, 0.5) is 17.5 Å². The molecule has 1 atom stereocenters. The van der Waals surface area contributed by atoms with Crippen LogP contribution in [0.3, 0.4) is 0 Å². The normalized spacial score (nSPS) is 16.8. The van der Waals surface area contributed by atoms with Gasteiger partial charge in [-0.3, -0.25) is 9.48 Å². The first kappa shape index (κ1) is 16.5. The topological polar surface area (TPSA) is 88.0 Å². The molecule has 0 unspecified atom stereocenters. The van der Waals surface area contributed by atoms with Gasteiger partial charge in [0.05, 0.1) is 17.3 Å². The summed E-state index contributed by atoms with van der Waals surface area (Å²) in [7, 11) is 1.86. The molecule has 1 aliphatic heterocycles. The van der Waals surface area contributed by atoms with Gasteiger partial charge >= 0.3 is 0 Å². The predicted octanol–water partition coefficient (Wildman–Crippen LogP) is 2.37. The number of carbonyl (C=O) groups is 1. The lowest BCUT2D eigenvalue weighted by atomic mass is 10.2. The van der Waals surface area contributed by atoms with Gasteiger partial charge in [-0.2, -0.15) is 10.1 Å². The second kappa shape index (κ2) is 6.75. The molecule has 26 heavy (non-hydrogen) atoms. The number of aryl methyl sites for hydroxylation is 1. The van der Waals surface area contributed by atoms with Crippen LogP contribution in [0.15, 0.2) is 36.5 Å². The highest BCUT2D eigenvalue weighted by atomic mass is 32.1. The van der Waals surface area contributed by atoms with E-state index >= 15 is 0 Å². The van der Waals surface area contributed by atoms with E-state index in [2.05, 4.69) is 32.3 Å². The summed E-state index contributed by atoms with van der Waals surface area (Å²) in [6, 6.07) is 2.17. The van der Waals surface area contributed by atoms with Crippen LogP contribution >= 0.6 is 11.3 Å². The van der Waals surface area contributed by atoms with Crippen LogP contribution in [0.5, 0.6) is 0 Å². The second-order valence-electron chi connectivity index (χ2n) is 6.18. The van der Waals surface area contributed by atoms with Gasteiger partial charge in [0, 0.05) is 32.4 Å². The lowest BCUT2D eigenvalue weighted by Gasteiger charge is -2.16. The van der Waals surface area contributed by atoms with Crippen LogP contribution in [0.2, 0.25) is 0 Å². The number of likely N-dealkylation sites (tertiary alicyclic amines) is 1. The third-order valence-corrected chi connectivity index (χ3v) is 5.11. The fourth-order valence-corrected chi connectivity index (χ4v) is 3.80. The number of nitrogens with zero attached hydrogens (tertiary/aromatic N) is 5. The molecule has 0 spiro atoms. The Hall–Kier alpha value is -2.94. The van der Waals surface area contributed by atoms with Crippen molar-refractivity contribution in [2.45, 2.75) is 12.5 Å². The van der Waals surface area contributed by atoms with E-state index in [0.717, 1.165) is 34.7 Å². The molecule has 4 heterocycles. The Bertz CT molecular complexity index is 963. The summed E-state index contributed by atoms with van der Waals surface area (Å²) in [5.41, 5.74) is 0.831. The van der Waals surface area contributed by atoms with Crippen LogP contribution < -0.4 is 10.6 Å². The van der Waals surface area contributed by atoms with Crippen molar-refractivity contribution in [3.63, 3.8) is 0 Å². The van der Waals surface area contributed by atoms with Crippen molar-refractivity contribution in [3.8, 4) is 0 Å². The number of carbonyl (C=O) groups excluding carboxylic acids is 1. The van der Waals surface area contributed by atoms with Crippen molar-refractivity contribution >= 4 is 44.9 Å². The molecule has 0 saturated carbocycles. The molecule has 0 bridgehead atoms. The van der Waals surface area contributed by atoms with Gasteiger partial charge in [-0.1, -0.05) is 6.58 Å². The maximum atomic E-state index is 11.8. The molecular weight excluding hydrogens is 350 g/mol. The third-order valence-electron chi connectivity index (χ3n) is 4.30. The molecule has 0 radical (unpaired) electrons. The molecule has 1 aliphatic rings. The van der Waals surface area contributed by atoms with Crippen LogP contribution in [0, 0.1) is 0 Å². The van der Waals surface area contributed by atoms with E-state index in [4.69, 9.17) is 0 Å². The lowest BCUT2D eigenvalue weighted by molar-refractivity contribution is -0.125. The molecule has 1 amide bonds. The summed E-state index contributed by atoms with van der Waals surface area (Å²) in [4.78, 5) is 23.7. The summed E-state index contributed by atoms with van der Waals surface area (Å²) in [5.74, 6) is 1.27. The zero-order valence-electron chi connectivity index (χ0n) is 14.3. The van der Waals surface area contributed by atoms with E-state index in [1.54, 1.807) is 27.1 Å². The minimum atomic E-state index is -0.0309. The van der Waals surface area contributed by atoms with Crippen LogP contribution in [-0.2, 0) is 11.8 Å². The monoisotopic (exact) mass is 369 g/mol. The minimum Gasteiger partial charge on any atom is -0.365 e. The summed E-state index contributed by atoms with van der Waals surface area (Å²) < 4.78 is 1.72. The smallest absolute Gasteiger partial charge is 0.246 e. The zero-order chi connectivity index (χ0) is 18.1. The zero-order valence-corrected chi connectivity index (χ0v) is 15.2. The molecule has 9 heteroatoms. The average Bonchev–Trinajstić information content (AvgIpc) is 3.35. The van der Waals surface area contributed by atoms with E-state index in [9.17, 15) is 4.79 Å². The van der Waals surface area contributed by atoms with E-state index in [1.807, 2.05) is 24.7 Å². The Morgan fingerprint density at radius 3 is 3.12 bits per heavy atom. The van der Waals surface area contributed by atoms with E-state index in [1.165, 1.54) is 6.08 Å². The first-order chi connectivity index (χ1) is 12.6. The van der Waals surface area contributed by atoms with Gasteiger partial charge in [0.2, 0.25) is 11.9 Å². The lowest BCUT2D eigenvalue weighted by Crippen LogP contribution is -2.30. The summed E-state index contributed by atoms with van der Waals surface area (Å²) in [6.45, 7) is 4.92. The molecule has 8 nitrogen and oxygen atoms in total. The van der Waals surface area contributed by atoms with Gasteiger partial charge in [0.25, 0.3) is 0 Å². The molecule has 2 N–H and O–H groups in total. The first-order valence-electron chi connectivity index (χ1n) is 8.31. The summed E-state index contributed by atoms with van der Waals surface area (Å²) in [5, 5.41) is 13.8. The number of amides is 1. The number of hydrogen-bond donors (Lipinski definition) is 2. The van der Waals surface area contributed by atoms with Crippen molar-refractivity contribution in [1.82, 2.24) is 24.6 Å². The van der Waals surface area contributed by atoms with Crippen LogP contribution in [-0.4, -0.2) is 49.7 Å². The van der Waals surface area contributed by atoms with Crippen molar-refractivity contribution in [2.75, 3.05) is 23.7 Å². The highest BCUT2D eigenvalue weighted by Gasteiger charge is 2.25. The second-order valence-corrected chi connectivity index (χ2v) is 7.08. The fraction of sp³-hybridized carbons (Fsp3) is 0.294. The van der Waals surface area contributed by atoms with Crippen LogP contribution in [0.1, 0.15) is 6.42 Å². The molecule has 4 rings (SSSR count). The average molecular weight is 369 g/mol. The van der Waals surface area contributed by atoms with Crippen molar-refractivity contribution in [3.05, 3.63) is 36.5 Å². The largest absolute Gasteiger partial charge is 0.365 e. The standard InChI is InChI=1S/C17H19N7OS/c1-3-14(25)24-6-4-11(10-24)19-15-13-5-7-26-16(13)22-17(21-15)20-12-8-18-23(2)9-12/h3,5,7-9,11H,1,4,6,10H2,2H3,(H2,19,20,21,22)/t11-/m1/s1. The molecule has 1 saturated heterocycles. The van der Waals surface area contributed by atoms with E-state index < -0.39 is 0 Å². The maximum absolute atomic E-state index is 11.8. The SMILES string of the molecule is C=CC(=O)N1CC[C@@H](Nc2nc(Nc3cnn(C)c3)nc3sccc23)C1. The number of nitrogens with one attached hydrogen (secondary N) is 2. The number of aromatic nitrogens is 4. The molecule has 0 aliphatic carbocycles. The van der Waals surface area contributed by atoms with Gasteiger partial charge in [-0.15, -0.1) is 11.3 Å². The van der Waals surface area contributed by atoms with Gasteiger partial charge in [0.15, 0.2) is 0 Å². The molecule has 0 aromatic carbocycles. The fourth-order valence-electron chi connectivity index (χ4n) is 3.04. The highest BCUT2D eigenvalue weighted by molar-refractivity contribution is 7.16. The predicted molar refractivity (Wildman–Crippen MR) is 103 cm³/mol. The maximum Gasteiger partial charge on any atom is 0.246 e. The molecule has 3 aromatic rings. The number of fused-ring (bicyclic) bond motifs is 1. The Morgan fingerprint density at radius 1 is 1.46 bits per heavy atom. The molecule has 3 aromatic heterocycles. The summed E-state index contributed by atoms with van der Waals surface area (Å²) >= 11 is 1.57. The van der Waals surface area contributed by atoms with Gasteiger partial charge in [-0.05, 0) is 23.9 Å².